The van der Waals surface area contributed by atoms with Crippen molar-refractivity contribution in [3.63, 3.8) is 0 Å². The number of ether oxygens (including phenoxy) is 3. The van der Waals surface area contributed by atoms with Gasteiger partial charge in [-0.05, 0) is 63.3 Å². The van der Waals surface area contributed by atoms with Crippen molar-refractivity contribution in [2.24, 2.45) is 5.41 Å². The van der Waals surface area contributed by atoms with E-state index in [1.54, 1.807) is 49.9 Å². The highest BCUT2D eigenvalue weighted by Crippen LogP contribution is 2.43. The monoisotopic (exact) mass is 619 g/mol. The number of hydrogen-bond donors (Lipinski definition) is 0. The zero-order valence-electron chi connectivity index (χ0n) is 25.0. The Morgan fingerprint density at radius 2 is 1.75 bits per heavy atom. The number of amides is 2. The van der Waals surface area contributed by atoms with Crippen LogP contribution in [-0.2, 0) is 22.6 Å². The number of fused-ring (bicyclic) bond motifs is 1. The summed E-state index contributed by atoms with van der Waals surface area (Å²) in [5.74, 6) is 0.00313. The third-order valence-corrected chi connectivity index (χ3v) is 8.07. The summed E-state index contributed by atoms with van der Waals surface area (Å²) in [5.41, 5.74) is 0.772. The fourth-order valence-electron chi connectivity index (χ4n) is 5.43. The first-order chi connectivity index (χ1) is 20.9. The number of carbonyl (C=O) groups excluding carboxylic acids is 2. The van der Waals surface area contributed by atoms with Crippen LogP contribution >= 0.6 is 11.6 Å². The van der Waals surface area contributed by atoms with Crippen molar-refractivity contribution in [1.29, 1.82) is 5.26 Å². The zero-order chi connectivity index (χ0) is 31.5. The van der Waals surface area contributed by atoms with Crippen LogP contribution in [0, 0.1) is 22.6 Å². The normalized spacial score (nSPS) is 17.6. The van der Waals surface area contributed by atoms with Crippen LogP contribution in [0.25, 0.3) is 0 Å². The Balaban J connectivity index is 1.33. The molecule has 0 N–H and O–H groups in total. The second-order valence-electron chi connectivity index (χ2n) is 12.2. The molecule has 0 bridgehead atoms. The highest BCUT2D eigenvalue weighted by Gasteiger charge is 2.42. The molecule has 1 unspecified atom stereocenters. The zero-order valence-corrected chi connectivity index (χ0v) is 25.8. The van der Waals surface area contributed by atoms with Gasteiger partial charge in [-0.2, -0.15) is 5.26 Å². The molecule has 2 aliphatic heterocycles. The Hall–Kier alpha value is -4.29. The molecule has 8 nitrogen and oxygen atoms in total. The maximum absolute atomic E-state index is 13.8. The minimum atomic E-state index is -1.01. The van der Waals surface area contributed by atoms with Crippen molar-refractivity contribution in [3.8, 4) is 17.6 Å². The van der Waals surface area contributed by atoms with Crippen LogP contribution in [0.3, 0.4) is 0 Å². The quantitative estimate of drug-likeness (QED) is 0.297. The number of benzene rings is 3. The lowest BCUT2D eigenvalue weighted by Gasteiger charge is -2.41. The maximum atomic E-state index is 13.8. The van der Waals surface area contributed by atoms with Gasteiger partial charge < -0.3 is 19.1 Å². The predicted molar refractivity (Wildman–Crippen MR) is 164 cm³/mol. The Bertz CT molecular complexity index is 1540. The van der Waals surface area contributed by atoms with Crippen LogP contribution in [0.2, 0.25) is 5.02 Å². The Morgan fingerprint density at radius 1 is 1.07 bits per heavy atom. The second kappa shape index (κ2) is 12.7. The number of hydrogen-bond acceptors (Lipinski definition) is 6. The van der Waals surface area contributed by atoms with Crippen molar-refractivity contribution in [2.45, 2.75) is 58.3 Å². The van der Waals surface area contributed by atoms with E-state index in [-0.39, 0.29) is 35.6 Å². The van der Waals surface area contributed by atoms with Gasteiger partial charge in [0.2, 0.25) is 0 Å². The molecule has 10 heteroatoms. The van der Waals surface area contributed by atoms with E-state index in [1.807, 2.05) is 30.3 Å². The highest BCUT2D eigenvalue weighted by atomic mass is 35.5. The van der Waals surface area contributed by atoms with E-state index in [1.165, 1.54) is 17.0 Å². The van der Waals surface area contributed by atoms with Gasteiger partial charge >= 0.3 is 6.09 Å². The van der Waals surface area contributed by atoms with Gasteiger partial charge in [-0.3, -0.25) is 9.69 Å². The van der Waals surface area contributed by atoms with Gasteiger partial charge in [0.25, 0.3) is 5.91 Å². The van der Waals surface area contributed by atoms with Crippen LogP contribution in [0.1, 0.15) is 44.7 Å². The SMILES string of the molecule is CC(C)(C)OC(=O)N1CC(C(=O)N2CCC(C#N)(Cc3ccc(F)cc3)CC2)Oc2cc(Cl)c(OCc3ccccc3)cc21. The molecule has 3 aromatic rings. The molecule has 0 aliphatic carbocycles. The summed E-state index contributed by atoms with van der Waals surface area (Å²) in [6.07, 6.45) is -0.246. The van der Waals surface area contributed by atoms with Crippen molar-refractivity contribution in [1.82, 2.24) is 4.90 Å². The number of carbonyl (C=O) groups is 2. The van der Waals surface area contributed by atoms with Crippen molar-refractivity contribution < 1.29 is 28.2 Å². The lowest BCUT2D eigenvalue weighted by Crippen LogP contribution is -2.54. The molecule has 2 heterocycles. The first-order valence-electron chi connectivity index (χ1n) is 14.6. The maximum Gasteiger partial charge on any atom is 0.415 e. The molecule has 1 saturated heterocycles. The van der Waals surface area contributed by atoms with Crippen molar-refractivity contribution in [3.05, 3.63) is 88.7 Å². The van der Waals surface area contributed by atoms with Crippen molar-refractivity contribution in [2.75, 3.05) is 24.5 Å². The molecule has 2 amide bonds. The molecule has 44 heavy (non-hydrogen) atoms. The fraction of sp³-hybridized carbons (Fsp3) is 0.382. The molecule has 1 fully saturated rings. The number of piperidine rings is 1. The summed E-state index contributed by atoms with van der Waals surface area (Å²) >= 11 is 6.57. The Labute approximate surface area is 261 Å². The summed E-state index contributed by atoms with van der Waals surface area (Å²) < 4.78 is 31.2. The number of rotatable bonds is 6. The molecule has 0 aromatic heterocycles. The third-order valence-electron chi connectivity index (χ3n) is 7.77. The molecule has 0 spiro atoms. The van der Waals surface area contributed by atoms with Crippen LogP contribution in [-0.4, -0.2) is 48.2 Å². The number of likely N-dealkylation sites (tertiary alicyclic amines) is 1. The standard InChI is InChI=1S/C34H35ClFN3O5/c1-33(2,3)44-32(41)39-20-30(43-29-17-26(35)28(18-27(29)39)42-21-24-7-5-4-6-8-24)31(40)38-15-13-34(22-37,14-16-38)19-23-9-11-25(36)12-10-23/h4-12,17-18,30H,13-16,19-21H2,1-3H3. The van der Waals surface area contributed by atoms with E-state index in [0.29, 0.717) is 43.8 Å². The van der Waals surface area contributed by atoms with Gasteiger partial charge in [-0.15, -0.1) is 0 Å². The molecule has 230 valence electrons. The number of nitrogens with zero attached hydrogens (tertiary/aromatic N) is 3. The van der Waals surface area contributed by atoms with E-state index in [2.05, 4.69) is 6.07 Å². The molecule has 3 aromatic carbocycles. The van der Waals surface area contributed by atoms with Crippen molar-refractivity contribution >= 4 is 29.3 Å². The molecule has 0 radical (unpaired) electrons. The van der Waals surface area contributed by atoms with E-state index < -0.39 is 23.2 Å². The van der Waals surface area contributed by atoms with Crippen LogP contribution in [0.4, 0.5) is 14.9 Å². The Kier molecular flexibility index (Phi) is 9.02. The molecule has 2 aliphatic rings. The van der Waals surface area contributed by atoms with E-state index in [4.69, 9.17) is 25.8 Å². The average molecular weight is 620 g/mol. The lowest BCUT2D eigenvalue weighted by atomic mass is 9.75. The Morgan fingerprint density at radius 3 is 2.39 bits per heavy atom. The van der Waals surface area contributed by atoms with Gasteiger partial charge in [0, 0.05) is 25.2 Å². The third kappa shape index (κ3) is 7.25. The summed E-state index contributed by atoms with van der Waals surface area (Å²) in [4.78, 5) is 30.2. The molecular formula is C34H35ClFN3O5. The minimum Gasteiger partial charge on any atom is -0.487 e. The molecular weight excluding hydrogens is 585 g/mol. The predicted octanol–water partition coefficient (Wildman–Crippen LogP) is 6.94. The summed E-state index contributed by atoms with van der Waals surface area (Å²) in [7, 11) is 0. The topological polar surface area (TPSA) is 92.1 Å². The van der Waals surface area contributed by atoms with Crippen LogP contribution < -0.4 is 14.4 Å². The van der Waals surface area contributed by atoms with Crippen LogP contribution in [0.5, 0.6) is 11.5 Å². The van der Waals surface area contributed by atoms with E-state index >= 15 is 0 Å². The average Bonchev–Trinajstić information content (AvgIpc) is 3.00. The minimum absolute atomic E-state index is 0.0734. The largest absolute Gasteiger partial charge is 0.487 e. The van der Waals surface area contributed by atoms with Gasteiger partial charge in [-0.1, -0.05) is 54.1 Å². The second-order valence-corrected chi connectivity index (χ2v) is 12.6. The fourth-order valence-corrected chi connectivity index (χ4v) is 5.64. The first kappa shape index (κ1) is 31.1. The van der Waals surface area contributed by atoms with Gasteiger partial charge in [0.15, 0.2) is 6.10 Å². The number of anilines is 1. The van der Waals surface area contributed by atoms with Gasteiger partial charge in [-0.25, -0.2) is 9.18 Å². The van der Waals surface area contributed by atoms with Gasteiger partial charge in [0.1, 0.15) is 29.5 Å². The smallest absolute Gasteiger partial charge is 0.415 e. The highest BCUT2D eigenvalue weighted by molar-refractivity contribution is 6.32. The number of halogens is 2. The lowest BCUT2D eigenvalue weighted by molar-refractivity contribution is -0.140. The molecule has 0 saturated carbocycles. The summed E-state index contributed by atoms with van der Waals surface area (Å²) in [6.45, 7) is 6.20. The van der Waals surface area contributed by atoms with Crippen LogP contribution in [0.15, 0.2) is 66.7 Å². The van der Waals surface area contributed by atoms with E-state index in [9.17, 15) is 19.2 Å². The molecule has 5 rings (SSSR count). The number of nitriles is 1. The molecule has 1 atom stereocenters. The van der Waals surface area contributed by atoms with E-state index in [0.717, 1.165) is 11.1 Å². The van der Waals surface area contributed by atoms with Gasteiger partial charge in [0.05, 0.1) is 28.7 Å². The summed E-state index contributed by atoms with van der Waals surface area (Å²) in [5, 5.41) is 10.3. The first-order valence-corrected chi connectivity index (χ1v) is 14.9. The summed E-state index contributed by atoms with van der Waals surface area (Å²) in [6, 6.07) is 21.4.